The molecule has 0 aromatic heterocycles. The number of aliphatic hydroxyl groups is 2. The molecule has 33 heavy (non-hydrogen) atoms. The molecule has 7 nitrogen and oxygen atoms in total. The summed E-state index contributed by atoms with van der Waals surface area (Å²) in [6, 6.07) is 14.9. The Morgan fingerprint density at radius 3 is 2.67 bits per heavy atom. The highest BCUT2D eigenvalue weighted by Gasteiger charge is 2.54. The van der Waals surface area contributed by atoms with E-state index < -0.39 is 23.3 Å². The highest BCUT2D eigenvalue weighted by atomic mass is 16.6. The SMILES string of the molecule is C[C@]12C[C@@H](c3ccccc3)C[C@](CO)(CC[C@@H](NC(=O)c3cccc4c3OCCO4)[C@@H]1O)O2. The molecule has 0 spiro atoms. The van der Waals surface area contributed by atoms with Crippen molar-refractivity contribution in [3.05, 3.63) is 59.7 Å². The van der Waals surface area contributed by atoms with E-state index in [4.69, 9.17) is 14.2 Å². The van der Waals surface area contributed by atoms with Gasteiger partial charge >= 0.3 is 0 Å². The number of aliphatic hydroxyl groups excluding tert-OH is 2. The van der Waals surface area contributed by atoms with Gasteiger partial charge in [-0.3, -0.25) is 4.79 Å². The van der Waals surface area contributed by atoms with Gasteiger partial charge in [-0.2, -0.15) is 0 Å². The first kappa shape index (κ1) is 22.2. The average Bonchev–Trinajstić information content (AvgIpc) is 2.92. The van der Waals surface area contributed by atoms with Crippen LogP contribution in [0.15, 0.2) is 48.5 Å². The predicted molar refractivity (Wildman–Crippen MR) is 122 cm³/mol. The van der Waals surface area contributed by atoms with Gasteiger partial charge in [0.05, 0.1) is 29.4 Å². The van der Waals surface area contributed by atoms with Crippen LogP contribution in [0.5, 0.6) is 11.5 Å². The monoisotopic (exact) mass is 453 g/mol. The maximum absolute atomic E-state index is 13.2. The summed E-state index contributed by atoms with van der Waals surface area (Å²) in [5.41, 5.74) is -0.105. The molecule has 7 heteroatoms. The Hall–Kier alpha value is -2.61. The van der Waals surface area contributed by atoms with Crippen LogP contribution in [0.4, 0.5) is 0 Å². The van der Waals surface area contributed by atoms with Crippen molar-refractivity contribution in [2.75, 3.05) is 19.8 Å². The largest absolute Gasteiger partial charge is 0.486 e. The maximum atomic E-state index is 13.2. The smallest absolute Gasteiger partial charge is 0.255 e. The van der Waals surface area contributed by atoms with Crippen molar-refractivity contribution in [1.29, 1.82) is 0 Å². The van der Waals surface area contributed by atoms with E-state index in [1.807, 2.05) is 25.1 Å². The first-order valence-corrected chi connectivity index (χ1v) is 11.7. The van der Waals surface area contributed by atoms with Crippen molar-refractivity contribution in [1.82, 2.24) is 5.32 Å². The Bertz CT molecular complexity index is 1010. The number of carbonyl (C=O) groups excluding carboxylic acids is 1. The van der Waals surface area contributed by atoms with Crippen LogP contribution in [0.1, 0.15) is 54.4 Å². The summed E-state index contributed by atoms with van der Waals surface area (Å²) in [5.74, 6) is 0.805. The Kier molecular flexibility index (Phi) is 5.80. The van der Waals surface area contributed by atoms with Crippen molar-refractivity contribution in [3.8, 4) is 11.5 Å². The van der Waals surface area contributed by atoms with E-state index in [0.717, 1.165) is 0 Å². The normalized spacial score (nSPS) is 33.1. The number of benzene rings is 2. The zero-order valence-electron chi connectivity index (χ0n) is 18.8. The van der Waals surface area contributed by atoms with Crippen molar-refractivity contribution >= 4 is 5.91 Å². The van der Waals surface area contributed by atoms with E-state index in [0.29, 0.717) is 56.0 Å². The molecule has 176 valence electrons. The van der Waals surface area contributed by atoms with Crippen LogP contribution in [-0.2, 0) is 4.74 Å². The van der Waals surface area contributed by atoms with Gasteiger partial charge in [-0.25, -0.2) is 0 Å². The molecule has 3 heterocycles. The summed E-state index contributed by atoms with van der Waals surface area (Å²) in [6.07, 6.45) is 1.38. The first-order chi connectivity index (χ1) is 15.9. The van der Waals surface area contributed by atoms with Crippen molar-refractivity contribution in [2.24, 2.45) is 0 Å². The Morgan fingerprint density at radius 2 is 1.88 bits per heavy atom. The zero-order valence-corrected chi connectivity index (χ0v) is 18.8. The molecule has 3 aliphatic rings. The van der Waals surface area contributed by atoms with Crippen LogP contribution in [0.2, 0.25) is 0 Å². The molecule has 0 saturated carbocycles. The molecular weight excluding hydrogens is 422 g/mol. The van der Waals surface area contributed by atoms with Crippen molar-refractivity contribution in [2.45, 2.75) is 61.9 Å². The second-order valence-electron chi connectivity index (χ2n) is 9.66. The molecule has 0 unspecified atom stereocenters. The number of hydrogen-bond donors (Lipinski definition) is 3. The molecule has 2 aromatic carbocycles. The van der Waals surface area contributed by atoms with Gasteiger partial charge in [0.2, 0.25) is 0 Å². The third-order valence-corrected chi connectivity index (χ3v) is 7.32. The van der Waals surface area contributed by atoms with Gasteiger partial charge in [-0.15, -0.1) is 0 Å². The molecule has 1 amide bonds. The first-order valence-electron chi connectivity index (χ1n) is 11.7. The number of carbonyl (C=O) groups is 1. The third kappa shape index (κ3) is 4.09. The van der Waals surface area contributed by atoms with Crippen molar-refractivity contribution in [3.63, 3.8) is 0 Å². The fourth-order valence-electron chi connectivity index (χ4n) is 5.71. The molecule has 0 radical (unpaired) electrons. The van der Waals surface area contributed by atoms with Crippen molar-refractivity contribution < 1.29 is 29.2 Å². The fourth-order valence-corrected chi connectivity index (χ4v) is 5.71. The second kappa shape index (κ2) is 8.63. The van der Waals surface area contributed by atoms with Crippen LogP contribution < -0.4 is 14.8 Å². The van der Waals surface area contributed by atoms with E-state index >= 15 is 0 Å². The summed E-state index contributed by atoms with van der Waals surface area (Å²) in [5, 5.41) is 24.8. The molecule has 2 saturated heterocycles. The average molecular weight is 454 g/mol. The summed E-state index contributed by atoms with van der Waals surface area (Å²) in [6.45, 7) is 2.59. The highest BCUT2D eigenvalue weighted by Crippen LogP contribution is 2.49. The Balaban J connectivity index is 1.41. The quantitative estimate of drug-likeness (QED) is 0.659. The molecule has 5 rings (SSSR count). The minimum Gasteiger partial charge on any atom is -0.486 e. The molecule has 2 aromatic rings. The lowest BCUT2D eigenvalue weighted by molar-refractivity contribution is -0.230. The Labute approximate surface area is 193 Å². The van der Waals surface area contributed by atoms with Crippen LogP contribution in [0, 0.1) is 0 Å². The van der Waals surface area contributed by atoms with Gasteiger partial charge in [0.25, 0.3) is 5.91 Å². The number of ether oxygens (including phenoxy) is 3. The standard InChI is InChI=1S/C26H31NO6/c1-25-14-18(17-6-3-2-4-7-17)15-26(16-28,33-25)11-10-20(23(25)29)27-24(30)19-8-5-9-21-22(19)32-13-12-31-21/h2-9,18,20,23,28-29H,10-16H2,1H3,(H,27,30)/t18-,20-,23+,25+,26+/m1/s1. The van der Waals surface area contributed by atoms with Crippen LogP contribution >= 0.6 is 0 Å². The molecule has 2 bridgehead atoms. The van der Waals surface area contributed by atoms with E-state index in [1.165, 1.54) is 5.56 Å². The van der Waals surface area contributed by atoms with Gasteiger partial charge < -0.3 is 29.7 Å². The van der Waals surface area contributed by atoms with Gasteiger partial charge in [0, 0.05) is 0 Å². The molecule has 5 atom stereocenters. The number of rotatable bonds is 4. The molecule has 3 aliphatic heterocycles. The zero-order chi connectivity index (χ0) is 23.1. The fraction of sp³-hybridized carbons (Fsp3) is 0.500. The van der Waals surface area contributed by atoms with E-state index in [9.17, 15) is 15.0 Å². The van der Waals surface area contributed by atoms with E-state index in [-0.39, 0.29) is 18.4 Å². The lowest BCUT2D eigenvalue weighted by Crippen LogP contribution is -2.58. The predicted octanol–water partition coefficient (Wildman–Crippen LogP) is 2.79. The van der Waals surface area contributed by atoms with E-state index in [1.54, 1.807) is 18.2 Å². The van der Waals surface area contributed by atoms with Gasteiger partial charge in [-0.1, -0.05) is 36.4 Å². The summed E-state index contributed by atoms with van der Waals surface area (Å²) < 4.78 is 17.7. The lowest BCUT2D eigenvalue weighted by atomic mass is 9.74. The number of para-hydroxylation sites is 1. The maximum Gasteiger partial charge on any atom is 0.255 e. The second-order valence-corrected chi connectivity index (χ2v) is 9.66. The molecular formula is C26H31NO6. The highest BCUT2D eigenvalue weighted by molar-refractivity contribution is 5.98. The van der Waals surface area contributed by atoms with Gasteiger partial charge in [0.1, 0.15) is 19.3 Å². The van der Waals surface area contributed by atoms with E-state index in [2.05, 4.69) is 17.4 Å². The third-order valence-electron chi connectivity index (χ3n) is 7.32. The molecule has 0 aliphatic carbocycles. The summed E-state index contributed by atoms with van der Waals surface area (Å²) in [4.78, 5) is 13.2. The topological polar surface area (TPSA) is 97.3 Å². The number of nitrogens with one attached hydrogen (secondary N) is 1. The van der Waals surface area contributed by atoms with Crippen LogP contribution in [-0.4, -0.2) is 59.3 Å². The molecule has 2 fully saturated rings. The van der Waals surface area contributed by atoms with Gasteiger partial charge in [-0.05, 0) is 56.2 Å². The number of amides is 1. The van der Waals surface area contributed by atoms with Crippen LogP contribution in [0.3, 0.4) is 0 Å². The lowest BCUT2D eigenvalue weighted by Gasteiger charge is -2.49. The minimum absolute atomic E-state index is 0.128. The number of hydrogen-bond acceptors (Lipinski definition) is 6. The minimum atomic E-state index is -0.932. The number of fused-ring (bicyclic) bond motifs is 3. The molecule has 3 N–H and O–H groups in total. The summed E-state index contributed by atoms with van der Waals surface area (Å²) in [7, 11) is 0. The van der Waals surface area contributed by atoms with Crippen LogP contribution in [0.25, 0.3) is 0 Å². The summed E-state index contributed by atoms with van der Waals surface area (Å²) >= 11 is 0. The Morgan fingerprint density at radius 1 is 1.09 bits per heavy atom. The van der Waals surface area contributed by atoms with Gasteiger partial charge in [0.15, 0.2) is 11.5 Å².